The molecule has 0 bridgehead atoms. The molecule has 3 rings (SSSR count). The Balaban J connectivity index is 2.59. The minimum atomic E-state index is 1.05. The quantitative estimate of drug-likeness (QED) is 0.550. The van der Waals surface area contributed by atoms with Gasteiger partial charge in [0.2, 0.25) is 0 Å². The van der Waals surface area contributed by atoms with Crippen molar-refractivity contribution < 1.29 is 0 Å². The van der Waals surface area contributed by atoms with Crippen LogP contribution in [0.25, 0.3) is 21.7 Å². The van der Waals surface area contributed by atoms with E-state index in [1.807, 2.05) is 0 Å². The third kappa shape index (κ3) is 1.41. The molecule has 0 amide bonds. The highest BCUT2D eigenvalue weighted by molar-refractivity contribution is 9.10. The van der Waals surface area contributed by atoms with E-state index in [9.17, 15) is 0 Å². The second-order valence-electron chi connectivity index (χ2n) is 3.90. The summed E-state index contributed by atoms with van der Waals surface area (Å²) in [7, 11) is 0. The number of nitrogens with zero attached hydrogens (tertiary/aromatic N) is 1. The zero-order chi connectivity index (χ0) is 11.1. The van der Waals surface area contributed by atoms with Crippen LogP contribution in [0.4, 0.5) is 0 Å². The number of fused-ring (bicyclic) bond motifs is 3. The highest BCUT2D eigenvalue weighted by Crippen LogP contribution is 2.27. The van der Waals surface area contributed by atoms with Gasteiger partial charge >= 0.3 is 0 Å². The third-order valence-corrected chi connectivity index (χ3v) is 3.35. The van der Waals surface area contributed by atoms with Gasteiger partial charge in [0, 0.05) is 20.9 Å². The summed E-state index contributed by atoms with van der Waals surface area (Å²) in [6.07, 6.45) is 0. The molecule has 0 aliphatic rings. The number of rotatable bonds is 0. The van der Waals surface area contributed by atoms with Crippen molar-refractivity contribution in [3.63, 3.8) is 0 Å². The van der Waals surface area contributed by atoms with Crippen LogP contribution in [0.2, 0.25) is 0 Å². The van der Waals surface area contributed by atoms with Crippen molar-refractivity contribution in [3.05, 3.63) is 52.6 Å². The molecule has 1 aromatic heterocycles. The maximum absolute atomic E-state index is 4.63. The molecule has 0 atom stereocenters. The lowest BCUT2D eigenvalue weighted by atomic mass is 10.0. The Morgan fingerprint density at radius 2 is 1.69 bits per heavy atom. The molecule has 0 unspecified atom stereocenters. The second kappa shape index (κ2) is 3.56. The predicted molar refractivity (Wildman–Crippen MR) is 71.7 cm³/mol. The van der Waals surface area contributed by atoms with Crippen LogP contribution >= 0.6 is 15.9 Å². The molecule has 0 saturated carbocycles. The molecule has 0 fully saturated rings. The summed E-state index contributed by atoms with van der Waals surface area (Å²) in [5.41, 5.74) is 2.13. The predicted octanol–water partition coefficient (Wildman–Crippen LogP) is 4.46. The summed E-state index contributed by atoms with van der Waals surface area (Å²) in [5.74, 6) is 0. The Kier molecular flexibility index (Phi) is 2.18. The molecule has 1 nitrogen and oxygen atoms in total. The van der Waals surface area contributed by atoms with E-state index in [-0.39, 0.29) is 0 Å². The number of hydrogen-bond donors (Lipinski definition) is 0. The van der Waals surface area contributed by atoms with Gasteiger partial charge < -0.3 is 0 Å². The molecule has 78 valence electrons. The Morgan fingerprint density at radius 1 is 0.938 bits per heavy atom. The van der Waals surface area contributed by atoms with Crippen molar-refractivity contribution in [1.82, 2.24) is 4.98 Å². The monoisotopic (exact) mass is 271 g/mol. The van der Waals surface area contributed by atoms with Gasteiger partial charge in [-0.15, -0.1) is 0 Å². The number of benzene rings is 2. The molecule has 0 N–H and O–H groups in total. The zero-order valence-electron chi connectivity index (χ0n) is 8.87. The molecular formula is C14H10BrN. The van der Waals surface area contributed by atoms with Crippen molar-refractivity contribution in [2.75, 3.05) is 0 Å². The maximum Gasteiger partial charge on any atom is 0.0722 e. The molecule has 0 saturated heterocycles. The van der Waals surface area contributed by atoms with Gasteiger partial charge in [0.25, 0.3) is 0 Å². The van der Waals surface area contributed by atoms with Crippen LogP contribution in [0.3, 0.4) is 0 Å². The summed E-state index contributed by atoms with van der Waals surface area (Å²) in [6, 6.07) is 14.7. The van der Waals surface area contributed by atoms with Crippen LogP contribution in [-0.4, -0.2) is 4.98 Å². The van der Waals surface area contributed by atoms with Gasteiger partial charge in [-0.05, 0) is 24.4 Å². The van der Waals surface area contributed by atoms with Crippen molar-refractivity contribution in [1.29, 1.82) is 0 Å². The number of aromatic nitrogens is 1. The van der Waals surface area contributed by atoms with Crippen molar-refractivity contribution in [2.24, 2.45) is 0 Å². The maximum atomic E-state index is 4.63. The van der Waals surface area contributed by atoms with Crippen LogP contribution < -0.4 is 0 Å². The molecule has 2 aromatic carbocycles. The SMILES string of the molecule is Cc1nc2cc(Br)ccc2c2ccccc12. The fourth-order valence-corrected chi connectivity index (χ4v) is 2.45. The topological polar surface area (TPSA) is 12.9 Å². The van der Waals surface area contributed by atoms with Crippen LogP contribution in [0.1, 0.15) is 5.69 Å². The van der Waals surface area contributed by atoms with E-state index in [1.54, 1.807) is 0 Å². The average molecular weight is 272 g/mol. The third-order valence-electron chi connectivity index (χ3n) is 2.85. The van der Waals surface area contributed by atoms with Crippen molar-refractivity contribution in [3.8, 4) is 0 Å². The van der Waals surface area contributed by atoms with E-state index in [0.717, 1.165) is 15.7 Å². The fraction of sp³-hybridized carbons (Fsp3) is 0.0714. The lowest BCUT2D eigenvalue weighted by molar-refractivity contribution is 1.29. The van der Waals surface area contributed by atoms with E-state index in [0.29, 0.717) is 0 Å². The van der Waals surface area contributed by atoms with E-state index in [1.165, 1.54) is 16.2 Å². The number of hydrogen-bond acceptors (Lipinski definition) is 1. The standard InChI is InChI=1S/C14H10BrN/c1-9-11-4-2-3-5-12(11)13-7-6-10(15)8-14(13)16-9/h2-8H,1H3. The van der Waals surface area contributed by atoms with Crippen LogP contribution in [0.5, 0.6) is 0 Å². The van der Waals surface area contributed by atoms with Gasteiger partial charge in [0.1, 0.15) is 0 Å². The summed E-state index contributed by atoms with van der Waals surface area (Å²) < 4.78 is 1.07. The summed E-state index contributed by atoms with van der Waals surface area (Å²) >= 11 is 3.48. The molecular weight excluding hydrogens is 262 g/mol. The minimum Gasteiger partial charge on any atom is -0.252 e. The molecule has 0 radical (unpaired) electrons. The average Bonchev–Trinajstić information content (AvgIpc) is 2.29. The van der Waals surface area contributed by atoms with E-state index < -0.39 is 0 Å². The van der Waals surface area contributed by atoms with E-state index in [2.05, 4.69) is 70.3 Å². The number of pyridine rings is 1. The second-order valence-corrected chi connectivity index (χ2v) is 4.82. The lowest BCUT2D eigenvalue weighted by Crippen LogP contribution is -1.87. The Morgan fingerprint density at radius 3 is 2.50 bits per heavy atom. The summed E-state index contributed by atoms with van der Waals surface area (Å²) in [5, 5.41) is 3.72. The Labute approximate surface area is 102 Å². The van der Waals surface area contributed by atoms with Gasteiger partial charge in [0.15, 0.2) is 0 Å². The highest BCUT2D eigenvalue weighted by atomic mass is 79.9. The van der Waals surface area contributed by atoms with Gasteiger partial charge in [0.05, 0.1) is 5.52 Å². The normalized spacial score (nSPS) is 11.1. The molecule has 3 aromatic rings. The Bertz CT molecular complexity index is 689. The van der Waals surface area contributed by atoms with Crippen LogP contribution in [0, 0.1) is 6.92 Å². The van der Waals surface area contributed by atoms with E-state index >= 15 is 0 Å². The molecule has 0 spiro atoms. The van der Waals surface area contributed by atoms with Crippen molar-refractivity contribution >= 4 is 37.6 Å². The van der Waals surface area contributed by atoms with Crippen LogP contribution in [0.15, 0.2) is 46.9 Å². The van der Waals surface area contributed by atoms with Gasteiger partial charge in [-0.25, -0.2) is 0 Å². The smallest absolute Gasteiger partial charge is 0.0722 e. The fourth-order valence-electron chi connectivity index (χ4n) is 2.10. The largest absolute Gasteiger partial charge is 0.252 e. The summed E-state index contributed by atoms with van der Waals surface area (Å²) in [6.45, 7) is 2.06. The lowest BCUT2D eigenvalue weighted by Gasteiger charge is -2.06. The molecule has 2 heteroatoms. The molecule has 0 aliphatic carbocycles. The van der Waals surface area contributed by atoms with Gasteiger partial charge in [-0.1, -0.05) is 46.3 Å². The molecule has 16 heavy (non-hydrogen) atoms. The Hall–Kier alpha value is -1.41. The highest BCUT2D eigenvalue weighted by Gasteiger charge is 2.04. The number of aryl methyl sites for hydroxylation is 1. The first-order valence-corrected chi connectivity index (χ1v) is 5.99. The summed E-state index contributed by atoms with van der Waals surface area (Å²) in [4.78, 5) is 4.63. The van der Waals surface area contributed by atoms with Crippen LogP contribution in [-0.2, 0) is 0 Å². The first-order chi connectivity index (χ1) is 7.75. The van der Waals surface area contributed by atoms with E-state index in [4.69, 9.17) is 0 Å². The van der Waals surface area contributed by atoms with Gasteiger partial charge in [-0.3, -0.25) is 4.98 Å². The minimum absolute atomic E-state index is 1.05. The first kappa shape index (κ1) is 9.79. The first-order valence-electron chi connectivity index (χ1n) is 5.20. The zero-order valence-corrected chi connectivity index (χ0v) is 10.5. The van der Waals surface area contributed by atoms with Crippen molar-refractivity contribution in [2.45, 2.75) is 6.92 Å². The van der Waals surface area contributed by atoms with Gasteiger partial charge in [-0.2, -0.15) is 0 Å². The number of halogens is 1. The molecule has 1 heterocycles. The molecule has 0 aliphatic heterocycles.